The number of halogens is 2. The third-order valence-electron chi connectivity index (χ3n) is 6.81. The van der Waals surface area contributed by atoms with Gasteiger partial charge in [-0.05, 0) is 56.5 Å². The van der Waals surface area contributed by atoms with Crippen molar-refractivity contribution in [1.29, 1.82) is 0 Å². The van der Waals surface area contributed by atoms with Crippen LogP contribution in [0.5, 0.6) is 0 Å². The molecule has 2 unspecified atom stereocenters. The molecular weight excluding hydrogens is 462 g/mol. The van der Waals surface area contributed by atoms with Crippen LogP contribution in [0.25, 0.3) is 33.3 Å². The number of fused-ring (bicyclic) bond motifs is 2. The van der Waals surface area contributed by atoms with Crippen LogP contribution >= 0.6 is 0 Å². The second kappa shape index (κ2) is 8.67. The van der Waals surface area contributed by atoms with Crippen molar-refractivity contribution in [1.82, 2.24) is 29.7 Å². The minimum absolute atomic E-state index is 0.0246. The summed E-state index contributed by atoms with van der Waals surface area (Å²) >= 11 is 0. The largest absolute Gasteiger partial charge is 0.373 e. The van der Waals surface area contributed by atoms with E-state index in [1.54, 1.807) is 4.68 Å². The van der Waals surface area contributed by atoms with Gasteiger partial charge in [0.05, 0.1) is 23.0 Å². The molecule has 4 heterocycles. The van der Waals surface area contributed by atoms with Crippen molar-refractivity contribution in [3.05, 3.63) is 77.0 Å². The molecule has 0 N–H and O–H groups in total. The number of rotatable bonds is 3. The van der Waals surface area contributed by atoms with Crippen molar-refractivity contribution >= 4 is 22.1 Å². The summed E-state index contributed by atoms with van der Waals surface area (Å²) in [7, 11) is 1.90. The average Bonchev–Trinajstić information content (AvgIpc) is 3.24. The Morgan fingerprint density at radius 1 is 0.972 bits per heavy atom. The van der Waals surface area contributed by atoms with Crippen LogP contribution in [0.1, 0.15) is 47.6 Å². The highest BCUT2D eigenvalue weighted by Gasteiger charge is 2.29. The summed E-state index contributed by atoms with van der Waals surface area (Å²) in [6, 6.07) is 9.62. The molecule has 2 aromatic carbocycles. The van der Waals surface area contributed by atoms with Gasteiger partial charge < -0.3 is 4.74 Å². The van der Waals surface area contributed by atoms with E-state index < -0.39 is 11.6 Å². The monoisotopic (exact) mass is 486 g/mol. The van der Waals surface area contributed by atoms with Gasteiger partial charge in [-0.3, -0.25) is 4.68 Å². The van der Waals surface area contributed by atoms with Crippen LogP contribution in [0.15, 0.2) is 42.6 Å². The van der Waals surface area contributed by atoms with E-state index in [0.717, 1.165) is 34.6 Å². The Kier molecular flexibility index (Phi) is 5.44. The third kappa shape index (κ3) is 3.99. The van der Waals surface area contributed by atoms with Crippen molar-refractivity contribution < 1.29 is 13.5 Å². The molecule has 182 valence electrons. The zero-order valence-corrected chi connectivity index (χ0v) is 20.2. The van der Waals surface area contributed by atoms with Crippen LogP contribution in [-0.2, 0) is 11.8 Å². The minimum Gasteiger partial charge on any atom is -0.373 e. The summed E-state index contributed by atoms with van der Waals surface area (Å²) in [5, 5.41) is 5.50. The van der Waals surface area contributed by atoms with E-state index in [9.17, 15) is 8.78 Å². The molecule has 0 amide bonds. The zero-order chi connectivity index (χ0) is 25.0. The van der Waals surface area contributed by atoms with E-state index in [1.165, 1.54) is 12.1 Å². The number of aryl methyl sites for hydroxylation is 3. The van der Waals surface area contributed by atoms with Crippen LogP contribution in [0, 0.1) is 25.5 Å². The summed E-state index contributed by atoms with van der Waals surface area (Å²) in [6.45, 7) is 4.24. The molecule has 5 aromatic rings. The number of ether oxygens (including phenoxy) is 1. The van der Waals surface area contributed by atoms with Gasteiger partial charge in [-0.2, -0.15) is 5.10 Å². The van der Waals surface area contributed by atoms with Crippen LogP contribution in [0.2, 0.25) is 0 Å². The molecule has 1 aliphatic rings. The van der Waals surface area contributed by atoms with Crippen LogP contribution in [-0.4, -0.2) is 36.3 Å². The molecule has 36 heavy (non-hydrogen) atoms. The Morgan fingerprint density at radius 2 is 1.81 bits per heavy atom. The third-order valence-corrected chi connectivity index (χ3v) is 6.81. The fourth-order valence-electron chi connectivity index (χ4n) is 4.81. The quantitative estimate of drug-likeness (QED) is 0.335. The summed E-state index contributed by atoms with van der Waals surface area (Å²) in [5.41, 5.74) is 4.75. The van der Waals surface area contributed by atoms with Gasteiger partial charge in [-0.15, -0.1) is 0 Å². The fourth-order valence-corrected chi connectivity index (χ4v) is 4.81. The first-order chi connectivity index (χ1) is 17.4. The fraction of sp³-hybridized carbons (Fsp3) is 0.296. The molecule has 0 radical (unpaired) electrons. The molecule has 9 heteroatoms. The lowest BCUT2D eigenvalue weighted by Gasteiger charge is -2.29. The summed E-state index contributed by atoms with van der Waals surface area (Å²) in [4.78, 5) is 18.8. The molecule has 0 spiro atoms. The lowest BCUT2D eigenvalue weighted by atomic mass is 9.90. The maximum atomic E-state index is 14.9. The number of hydrogen-bond acceptors (Lipinski definition) is 6. The van der Waals surface area contributed by atoms with E-state index in [0.29, 0.717) is 41.4 Å². The van der Waals surface area contributed by atoms with Gasteiger partial charge in [-0.1, -0.05) is 6.07 Å². The summed E-state index contributed by atoms with van der Waals surface area (Å²) < 4.78 is 36.4. The predicted molar refractivity (Wildman–Crippen MR) is 131 cm³/mol. The lowest BCUT2D eigenvalue weighted by molar-refractivity contribution is 0.00409. The highest BCUT2D eigenvalue weighted by molar-refractivity contribution is 5.87. The van der Waals surface area contributed by atoms with Gasteiger partial charge >= 0.3 is 0 Å². The maximum Gasteiger partial charge on any atom is 0.182 e. The van der Waals surface area contributed by atoms with Gasteiger partial charge in [0, 0.05) is 42.8 Å². The first-order valence-corrected chi connectivity index (χ1v) is 11.9. The van der Waals surface area contributed by atoms with Gasteiger partial charge in [-0.25, -0.2) is 28.7 Å². The van der Waals surface area contributed by atoms with Crippen molar-refractivity contribution in [2.24, 2.45) is 7.05 Å². The van der Waals surface area contributed by atoms with E-state index in [4.69, 9.17) is 14.7 Å². The molecule has 2 atom stereocenters. The van der Waals surface area contributed by atoms with Gasteiger partial charge in [0.15, 0.2) is 5.65 Å². The zero-order valence-electron chi connectivity index (χ0n) is 20.2. The number of benzene rings is 2. The van der Waals surface area contributed by atoms with Gasteiger partial charge in [0.2, 0.25) is 0 Å². The first kappa shape index (κ1) is 22.6. The predicted octanol–water partition coefficient (Wildman–Crippen LogP) is 5.50. The highest BCUT2D eigenvalue weighted by atomic mass is 19.1. The van der Waals surface area contributed by atoms with Crippen LogP contribution in [0.4, 0.5) is 8.78 Å². The topological polar surface area (TPSA) is 78.6 Å². The van der Waals surface area contributed by atoms with E-state index >= 15 is 0 Å². The first-order valence-electron chi connectivity index (χ1n) is 11.9. The minimum atomic E-state index is -0.699. The molecule has 0 saturated carbocycles. The Bertz CT molecular complexity index is 1630. The average molecular weight is 487 g/mol. The Labute approximate surface area is 206 Å². The van der Waals surface area contributed by atoms with Gasteiger partial charge in [0.1, 0.15) is 28.7 Å². The lowest BCUT2D eigenvalue weighted by Crippen LogP contribution is -2.21. The van der Waals surface area contributed by atoms with Crippen molar-refractivity contribution in [3.63, 3.8) is 0 Å². The Morgan fingerprint density at radius 3 is 2.64 bits per heavy atom. The molecule has 1 fully saturated rings. The molecular formula is C27H24F2N6O. The van der Waals surface area contributed by atoms with Crippen molar-refractivity contribution in [3.8, 4) is 11.3 Å². The number of aromatic nitrogens is 6. The highest BCUT2D eigenvalue weighted by Crippen LogP contribution is 2.38. The SMILES string of the molecule is Cc1nc2nc(C3CCOC(c4ccc5nn(C)cc5c4)C3)nc(-c3ccc(F)cc3F)c2nc1C. The Balaban J connectivity index is 1.43. The smallest absolute Gasteiger partial charge is 0.182 e. The Hall–Kier alpha value is -3.85. The van der Waals surface area contributed by atoms with Crippen LogP contribution in [0.3, 0.4) is 0 Å². The van der Waals surface area contributed by atoms with E-state index in [1.807, 2.05) is 39.2 Å². The van der Waals surface area contributed by atoms with Crippen molar-refractivity contribution in [2.45, 2.75) is 38.7 Å². The second-order valence-electron chi connectivity index (χ2n) is 9.32. The van der Waals surface area contributed by atoms with E-state index in [2.05, 4.69) is 21.1 Å². The van der Waals surface area contributed by atoms with Crippen LogP contribution < -0.4 is 0 Å². The molecule has 0 aliphatic carbocycles. The molecule has 1 saturated heterocycles. The number of hydrogen-bond donors (Lipinski definition) is 0. The number of nitrogens with zero attached hydrogens (tertiary/aromatic N) is 6. The molecule has 3 aromatic heterocycles. The van der Waals surface area contributed by atoms with Gasteiger partial charge in [0.25, 0.3) is 0 Å². The maximum absolute atomic E-state index is 14.9. The standard InChI is InChI=1S/C27H24F2N6O/c1-14-15(2)31-27-25(30-14)24(20-6-5-19(28)12-21(20)29)32-26(33-27)17-8-9-36-23(11-17)16-4-7-22-18(10-16)13-35(3)34-22/h4-7,10,12-13,17,23H,8-9,11H2,1-3H3. The molecule has 6 rings (SSSR count). The molecule has 1 aliphatic heterocycles. The van der Waals surface area contributed by atoms with E-state index in [-0.39, 0.29) is 17.6 Å². The normalized spacial score (nSPS) is 18.2. The van der Waals surface area contributed by atoms with Crippen molar-refractivity contribution in [2.75, 3.05) is 6.61 Å². The molecule has 7 nitrogen and oxygen atoms in total. The molecule has 0 bridgehead atoms. The second-order valence-corrected chi connectivity index (χ2v) is 9.32. The summed E-state index contributed by atoms with van der Waals surface area (Å²) in [6.07, 6.45) is 3.24. The summed E-state index contributed by atoms with van der Waals surface area (Å²) in [5.74, 6) is -0.806.